The summed E-state index contributed by atoms with van der Waals surface area (Å²) in [4.78, 5) is 14.0. The standard InChI is InChI=1S/C21H21F3N4O3S/c1-26-8-7-15-13-18(5-6-19(15)26)32(30,31)28-11-9-27(10-12-28)20(29)25-17-4-2-3-16(14-17)21(22,23)24/h2-8,13-14H,9-12H2,1H3,(H,25,29). The molecule has 2 amide bonds. The molecule has 11 heteroatoms. The fourth-order valence-electron chi connectivity index (χ4n) is 3.68. The molecule has 0 unspecified atom stereocenters. The largest absolute Gasteiger partial charge is 0.416 e. The predicted molar refractivity (Wildman–Crippen MR) is 114 cm³/mol. The Morgan fingerprint density at radius 3 is 2.41 bits per heavy atom. The highest BCUT2D eigenvalue weighted by Gasteiger charge is 2.32. The first-order valence-electron chi connectivity index (χ1n) is 9.84. The SMILES string of the molecule is Cn1ccc2cc(S(=O)(=O)N3CCN(C(=O)Nc4cccc(C(F)(F)F)c4)CC3)ccc21. The molecular formula is C21H21F3N4O3S. The monoisotopic (exact) mass is 466 g/mol. The van der Waals surface area contributed by atoms with E-state index in [1.165, 1.54) is 21.3 Å². The van der Waals surface area contributed by atoms with Gasteiger partial charge in [0, 0.05) is 56.0 Å². The van der Waals surface area contributed by atoms with Crippen LogP contribution in [-0.4, -0.2) is 54.4 Å². The first-order chi connectivity index (χ1) is 15.1. The summed E-state index contributed by atoms with van der Waals surface area (Å²) in [5.74, 6) is 0. The van der Waals surface area contributed by atoms with Crippen molar-refractivity contribution >= 4 is 32.6 Å². The smallest absolute Gasteiger partial charge is 0.351 e. The second-order valence-corrected chi connectivity index (χ2v) is 9.49. The Bertz CT molecular complexity index is 1260. The number of carbonyl (C=O) groups is 1. The summed E-state index contributed by atoms with van der Waals surface area (Å²) in [6, 6.07) is 10.6. The van der Waals surface area contributed by atoms with Crippen LogP contribution in [0.15, 0.2) is 59.6 Å². The van der Waals surface area contributed by atoms with Crippen molar-refractivity contribution < 1.29 is 26.4 Å². The molecule has 1 N–H and O–H groups in total. The minimum absolute atomic E-state index is 0.0241. The minimum atomic E-state index is -4.51. The summed E-state index contributed by atoms with van der Waals surface area (Å²) in [6.07, 6.45) is -2.66. The Labute approximate surface area is 183 Å². The summed E-state index contributed by atoms with van der Waals surface area (Å²) >= 11 is 0. The Hall–Kier alpha value is -3.05. The van der Waals surface area contributed by atoms with Crippen LogP contribution >= 0.6 is 0 Å². The van der Waals surface area contributed by atoms with Crippen LogP contribution in [0.4, 0.5) is 23.7 Å². The van der Waals surface area contributed by atoms with Crippen LogP contribution in [0, 0.1) is 0 Å². The normalized spacial score (nSPS) is 15.8. The fraction of sp³-hybridized carbons (Fsp3) is 0.286. The van der Waals surface area contributed by atoms with Gasteiger partial charge in [0.2, 0.25) is 10.0 Å². The molecular weight excluding hydrogens is 445 g/mol. The Kier molecular flexibility index (Phi) is 5.63. The van der Waals surface area contributed by atoms with Crippen LogP contribution in [0.2, 0.25) is 0 Å². The van der Waals surface area contributed by atoms with Gasteiger partial charge in [-0.3, -0.25) is 0 Å². The molecule has 0 bridgehead atoms. The molecule has 0 radical (unpaired) electrons. The molecule has 0 spiro atoms. The zero-order chi connectivity index (χ0) is 23.1. The molecule has 1 aromatic heterocycles. The number of benzene rings is 2. The number of alkyl halides is 3. The van der Waals surface area contributed by atoms with E-state index in [2.05, 4.69) is 5.32 Å². The second-order valence-electron chi connectivity index (χ2n) is 7.55. The van der Waals surface area contributed by atoms with Crippen molar-refractivity contribution in [1.82, 2.24) is 13.8 Å². The molecule has 0 saturated carbocycles. The molecule has 1 saturated heterocycles. The molecule has 1 aliphatic heterocycles. The number of nitrogens with one attached hydrogen (secondary N) is 1. The third kappa shape index (κ3) is 4.30. The van der Waals surface area contributed by atoms with E-state index in [4.69, 9.17) is 0 Å². The number of anilines is 1. The molecule has 1 aliphatic rings. The average molecular weight is 466 g/mol. The van der Waals surface area contributed by atoms with Crippen LogP contribution in [0.1, 0.15) is 5.56 Å². The van der Waals surface area contributed by atoms with Gasteiger partial charge in [-0.2, -0.15) is 17.5 Å². The molecule has 32 heavy (non-hydrogen) atoms. The first-order valence-corrected chi connectivity index (χ1v) is 11.3. The molecule has 7 nitrogen and oxygen atoms in total. The van der Waals surface area contributed by atoms with Gasteiger partial charge in [-0.05, 0) is 42.5 Å². The summed E-state index contributed by atoms with van der Waals surface area (Å²) in [7, 11) is -1.86. The number of halogens is 3. The van der Waals surface area contributed by atoms with Gasteiger partial charge in [0.1, 0.15) is 0 Å². The lowest BCUT2D eigenvalue weighted by Gasteiger charge is -2.34. The molecule has 0 aliphatic carbocycles. The maximum Gasteiger partial charge on any atom is 0.416 e. The number of carbonyl (C=O) groups excluding carboxylic acids is 1. The van der Waals surface area contributed by atoms with Crippen molar-refractivity contribution in [3.63, 3.8) is 0 Å². The molecule has 2 aromatic carbocycles. The van der Waals surface area contributed by atoms with Gasteiger partial charge >= 0.3 is 12.2 Å². The van der Waals surface area contributed by atoms with Gasteiger partial charge in [0.05, 0.1) is 10.5 Å². The van der Waals surface area contributed by atoms with E-state index in [9.17, 15) is 26.4 Å². The predicted octanol–water partition coefficient (Wildman–Crippen LogP) is 3.74. The van der Waals surface area contributed by atoms with E-state index in [-0.39, 0.29) is 36.8 Å². The van der Waals surface area contributed by atoms with Crippen LogP contribution in [-0.2, 0) is 23.2 Å². The summed E-state index contributed by atoms with van der Waals surface area (Å²) in [5.41, 5.74) is 0.0812. The Morgan fingerprint density at radius 1 is 1.00 bits per heavy atom. The van der Waals surface area contributed by atoms with Crippen LogP contribution in [0.5, 0.6) is 0 Å². The number of urea groups is 1. The highest BCUT2D eigenvalue weighted by atomic mass is 32.2. The maximum absolute atomic E-state index is 13.0. The zero-order valence-electron chi connectivity index (χ0n) is 17.1. The van der Waals surface area contributed by atoms with Crippen molar-refractivity contribution in [3.8, 4) is 0 Å². The number of rotatable bonds is 3. The number of nitrogens with zero attached hydrogens (tertiary/aromatic N) is 3. The van der Waals surface area contributed by atoms with E-state index in [1.807, 2.05) is 23.9 Å². The number of hydrogen-bond donors (Lipinski definition) is 1. The molecule has 0 atom stereocenters. The quantitative estimate of drug-likeness (QED) is 0.639. The molecule has 4 rings (SSSR count). The van der Waals surface area contributed by atoms with Crippen molar-refractivity contribution in [2.24, 2.45) is 7.05 Å². The van der Waals surface area contributed by atoms with Crippen LogP contribution < -0.4 is 5.32 Å². The van der Waals surface area contributed by atoms with Gasteiger partial charge in [0.15, 0.2) is 0 Å². The molecule has 170 valence electrons. The highest BCUT2D eigenvalue weighted by Crippen LogP contribution is 2.31. The molecule has 3 aromatic rings. The van der Waals surface area contributed by atoms with E-state index in [1.54, 1.807) is 18.2 Å². The lowest BCUT2D eigenvalue weighted by Crippen LogP contribution is -2.51. The van der Waals surface area contributed by atoms with Crippen molar-refractivity contribution in [2.75, 3.05) is 31.5 Å². The van der Waals surface area contributed by atoms with E-state index < -0.39 is 27.8 Å². The van der Waals surface area contributed by atoms with Crippen LogP contribution in [0.25, 0.3) is 10.9 Å². The number of aryl methyl sites for hydroxylation is 1. The number of amides is 2. The van der Waals surface area contributed by atoms with Crippen molar-refractivity contribution in [1.29, 1.82) is 0 Å². The molecule has 1 fully saturated rings. The minimum Gasteiger partial charge on any atom is -0.351 e. The van der Waals surface area contributed by atoms with Gasteiger partial charge in [-0.25, -0.2) is 13.2 Å². The zero-order valence-corrected chi connectivity index (χ0v) is 17.9. The molecule has 2 heterocycles. The number of aromatic nitrogens is 1. The topological polar surface area (TPSA) is 74.7 Å². The number of piperazine rings is 1. The van der Waals surface area contributed by atoms with Gasteiger partial charge in [-0.1, -0.05) is 6.07 Å². The third-order valence-corrected chi connectivity index (χ3v) is 7.36. The highest BCUT2D eigenvalue weighted by molar-refractivity contribution is 7.89. The van der Waals surface area contributed by atoms with Gasteiger partial charge in [-0.15, -0.1) is 0 Å². The first kappa shape index (κ1) is 22.2. The van der Waals surface area contributed by atoms with Gasteiger partial charge < -0.3 is 14.8 Å². The van der Waals surface area contributed by atoms with Crippen LogP contribution in [0.3, 0.4) is 0 Å². The van der Waals surface area contributed by atoms with Gasteiger partial charge in [0.25, 0.3) is 0 Å². The average Bonchev–Trinajstić information content (AvgIpc) is 3.13. The van der Waals surface area contributed by atoms with Crippen molar-refractivity contribution in [3.05, 3.63) is 60.3 Å². The van der Waals surface area contributed by atoms with E-state index >= 15 is 0 Å². The lowest BCUT2D eigenvalue weighted by molar-refractivity contribution is -0.137. The number of fused-ring (bicyclic) bond motifs is 1. The van der Waals surface area contributed by atoms with E-state index in [0.29, 0.717) is 0 Å². The second kappa shape index (κ2) is 8.14. The Balaban J connectivity index is 1.41. The maximum atomic E-state index is 13.0. The summed E-state index contributed by atoms with van der Waals surface area (Å²) in [6.45, 7) is 0.422. The van der Waals surface area contributed by atoms with Crippen molar-refractivity contribution in [2.45, 2.75) is 11.1 Å². The lowest BCUT2D eigenvalue weighted by atomic mass is 10.2. The van der Waals surface area contributed by atoms with E-state index in [0.717, 1.165) is 23.0 Å². The summed E-state index contributed by atoms with van der Waals surface area (Å²) in [5, 5.41) is 3.26. The third-order valence-electron chi connectivity index (χ3n) is 5.46. The fourth-order valence-corrected chi connectivity index (χ4v) is 5.13. The summed E-state index contributed by atoms with van der Waals surface area (Å²) < 4.78 is 67.8. The number of sulfonamides is 1. The Morgan fingerprint density at radius 2 is 1.72 bits per heavy atom. The number of hydrogen-bond acceptors (Lipinski definition) is 3.